The number of urea groups is 1. The van der Waals surface area contributed by atoms with E-state index in [0.29, 0.717) is 12.4 Å². The highest BCUT2D eigenvalue weighted by atomic mass is 79.9. The third-order valence-corrected chi connectivity index (χ3v) is 6.62. The van der Waals surface area contributed by atoms with Crippen LogP contribution in [0.1, 0.15) is 30.3 Å². The van der Waals surface area contributed by atoms with Crippen LogP contribution in [0.4, 0.5) is 4.79 Å². The molecule has 3 N–H and O–H groups in total. The van der Waals surface area contributed by atoms with Gasteiger partial charge >= 0.3 is 6.03 Å². The molecule has 2 unspecified atom stereocenters. The summed E-state index contributed by atoms with van der Waals surface area (Å²) in [4.78, 5) is 34.0. The molecule has 3 amide bonds. The number of aromatic amines is 1. The fourth-order valence-corrected chi connectivity index (χ4v) is 4.45. The van der Waals surface area contributed by atoms with Crippen molar-refractivity contribution in [1.29, 1.82) is 0 Å². The summed E-state index contributed by atoms with van der Waals surface area (Å²) >= 11 is 3.43. The van der Waals surface area contributed by atoms with Gasteiger partial charge in [0.15, 0.2) is 0 Å². The van der Waals surface area contributed by atoms with Crippen LogP contribution in [0.5, 0.6) is 5.75 Å². The van der Waals surface area contributed by atoms with Crippen LogP contribution < -0.4 is 10.1 Å². The molecule has 1 saturated heterocycles. The molecule has 196 valence electrons. The van der Waals surface area contributed by atoms with Gasteiger partial charge in [-0.05, 0) is 35.4 Å². The van der Waals surface area contributed by atoms with Gasteiger partial charge in [-0.2, -0.15) is 0 Å². The Morgan fingerprint density at radius 2 is 1.66 bits per heavy atom. The van der Waals surface area contributed by atoms with Crippen LogP contribution in [0, 0.1) is 0 Å². The average Bonchev–Trinajstić information content (AvgIpc) is 3.57. The Bertz CT molecular complexity index is 1310. The van der Waals surface area contributed by atoms with Crippen molar-refractivity contribution in [2.24, 2.45) is 0 Å². The molecule has 3 aromatic carbocycles. The second-order valence-electron chi connectivity index (χ2n) is 8.64. The monoisotopic (exact) mass is 576 g/mol. The minimum atomic E-state index is -0.526. The van der Waals surface area contributed by atoms with Gasteiger partial charge in [0.25, 0.3) is 5.91 Å². The van der Waals surface area contributed by atoms with Crippen molar-refractivity contribution in [2.75, 3.05) is 19.8 Å². The molecule has 1 aliphatic rings. The number of imide groups is 1. The molecular weight excluding hydrogens is 548 g/mol. The minimum absolute atomic E-state index is 0.0110. The number of halogens is 1. The number of ether oxygens (including phenoxy) is 1. The van der Waals surface area contributed by atoms with Gasteiger partial charge in [-0.25, -0.2) is 9.78 Å². The first kappa shape index (κ1) is 27.1. The van der Waals surface area contributed by atoms with E-state index in [1.807, 2.05) is 91.9 Å². The van der Waals surface area contributed by atoms with Crippen LogP contribution in [0.3, 0.4) is 0 Å². The van der Waals surface area contributed by atoms with E-state index in [0.717, 1.165) is 27.0 Å². The smallest absolute Gasteiger partial charge is 0.325 e. The van der Waals surface area contributed by atoms with Gasteiger partial charge < -0.3 is 20.1 Å². The van der Waals surface area contributed by atoms with Gasteiger partial charge in [-0.3, -0.25) is 9.69 Å². The number of aliphatic hydroxyl groups excluding tert-OH is 1. The highest BCUT2D eigenvalue weighted by Crippen LogP contribution is 2.36. The van der Waals surface area contributed by atoms with E-state index in [9.17, 15) is 9.59 Å². The Labute approximate surface area is 229 Å². The number of para-hydroxylation sites is 1. The zero-order valence-electron chi connectivity index (χ0n) is 20.9. The van der Waals surface area contributed by atoms with E-state index < -0.39 is 6.04 Å². The quantitative estimate of drug-likeness (QED) is 0.247. The van der Waals surface area contributed by atoms with Crippen LogP contribution in [0.2, 0.25) is 0 Å². The van der Waals surface area contributed by atoms with Crippen LogP contribution in [-0.2, 0) is 4.79 Å². The highest BCUT2D eigenvalue weighted by molar-refractivity contribution is 9.10. The molecule has 1 aliphatic heterocycles. The lowest BCUT2D eigenvalue weighted by atomic mass is 9.91. The molecule has 5 rings (SSSR count). The third-order valence-electron chi connectivity index (χ3n) is 6.09. The minimum Gasteiger partial charge on any atom is -0.491 e. The average molecular weight is 577 g/mol. The number of carbonyl (C=O) groups is 2. The van der Waals surface area contributed by atoms with E-state index in [1.54, 1.807) is 6.20 Å². The second-order valence-corrected chi connectivity index (χ2v) is 9.56. The number of rotatable bonds is 8. The number of H-pyrrole nitrogens is 1. The summed E-state index contributed by atoms with van der Waals surface area (Å²) in [5.74, 6) is 1.01. The van der Waals surface area contributed by atoms with Gasteiger partial charge in [-0.1, -0.05) is 83.5 Å². The molecule has 38 heavy (non-hydrogen) atoms. The Morgan fingerprint density at radius 1 is 1.00 bits per heavy atom. The first-order chi connectivity index (χ1) is 18.5. The van der Waals surface area contributed by atoms with E-state index in [2.05, 4.69) is 31.2 Å². The number of carbonyl (C=O) groups excluding carboxylic acids is 2. The predicted molar refractivity (Wildman–Crippen MR) is 149 cm³/mol. The molecule has 4 aromatic rings. The molecule has 9 heteroatoms. The number of hydrogen-bond donors (Lipinski definition) is 3. The van der Waals surface area contributed by atoms with Crippen molar-refractivity contribution >= 4 is 27.9 Å². The number of nitrogens with one attached hydrogen (secondary N) is 2. The van der Waals surface area contributed by atoms with Crippen LogP contribution in [0.15, 0.2) is 95.6 Å². The van der Waals surface area contributed by atoms with E-state index in [4.69, 9.17) is 9.84 Å². The molecule has 2 atom stereocenters. The Morgan fingerprint density at radius 3 is 2.26 bits per heavy atom. The van der Waals surface area contributed by atoms with Crippen molar-refractivity contribution in [3.8, 4) is 17.0 Å². The van der Waals surface area contributed by atoms with Crippen molar-refractivity contribution in [2.45, 2.75) is 18.9 Å². The number of benzene rings is 3. The number of aromatic nitrogens is 2. The topological polar surface area (TPSA) is 108 Å². The molecule has 0 spiro atoms. The lowest BCUT2D eigenvalue weighted by molar-refractivity contribution is -0.127. The fraction of sp³-hybridized carbons (Fsp3) is 0.207. The fourth-order valence-electron chi connectivity index (χ4n) is 4.18. The summed E-state index contributed by atoms with van der Waals surface area (Å²) in [5, 5.41) is 11.0. The number of nitrogens with zero attached hydrogens (tertiary/aromatic N) is 2. The van der Waals surface area contributed by atoms with Crippen LogP contribution in [-0.4, -0.2) is 51.7 Å². The Hall–Kier alpha value is -3.95. The van der Waals surface area contributed by atoms with Crippen molar-refractivity contribution in [3.63, 3.8) is 0 Å². The summed E-state index contributed by atoms with van der Waals surface area (Å²) in [6, 6.07) is 26.2. The lowest BCUT2D eigenvalue weighted by Crippen LogP contribution is -2.38. The zero-order chi connectivity index (χ0) is 26.9. The summed E-state index contributed by atoms with van der Waals surface area (Å²) in [6.45, 7) is 2.44. The first-order valence-corrected chi connectivity index (χ1v) is 13.0. The molecular formula is C29H29BrN4O4. The number of imidazole rings is 1. The number of hydrogen-bond acceptors (Lipinski definition) is 5. The zero-order valence-corrected chi connectivity index (χ0v) is 22.5. The van der Waals surface area contributed by atoms with Gasteiger partial charge in [0.05, 0.1) is 25.0 Å². The summed E-state index contributed by atoms with van der Waals surface area (Å²) < 4.78 is 6.10. The van der Waals surface area contributed by atoms with E-state index in [-0.39, 0.29) is 31.0 Å². The molecule has 0 radical (unpaired) electrons. The maximum atomic E-state index is 12.4. The van der Waals surface area contributed by atoms with Gasteiger partial charge in [0.1, 0.15) is 24.2 Å². The second kappa shape index (κ2) is 13.0. The lowest BCUT2D eigenvalue weighted by Gasteiger charge is -2.29. The molecule has 2 heterocycles. The summed E-state index contributed by atoms with van der Waals surface area (Å²) in [5.41, 5.74) is 2.84. The van der Waals surface area contributed by atoms with Crippen LogP contribution in [0.25, 0.3) is 11.3 Å². The molecule has 1 fully saturated rings. The number of amides is 3. The highest BCUT2D eigenvalue weighted by Gasteiger charge is 2.40. The SMILES string of the molecule is CC(c1ccccc1)C(c1ncc(-c2ccc(Br)cc2)[nH]1)N1C(=O)CNC1=O.OCCOc1ccccc1. The van der Waals surface area contributed by atoms with E-state index >= 15 is 0 Å². The molecule has 0 saturated carbocycles. The van der Waals surface area contributed by atoms with Crippen molar-refractivity contribution < 1.29 is 19.4 Å². The van der Waals surface area contributed by atoms with Crippen LogP contribution >= 0.6 is 15.9 Å². The van der Waals surface area contributed by atoms with Gasteiger partial charge in [-0.15, -0.1) is 0 Å². The summed E-state index contributed by atoms with van der Waals surface area (Å²) in [7, 11) is 0. The largest absolute Gasteiger partial charge is 0.491 e. The molecule has 0 aliphatic carbocycles. The number of aliphatic hydroxyl groups is 1. The molecule has 8 nitrogen and oxygen atoms in total. The molecule has 0 bridgehead atoms. The van der Waals surface area contributed by atoms with Crippen molar-refractivity contribution in [1.82, 2.24) is 20.2 Å². The molecule has 1 aromatic heterocycles. The summed E-state index contributed by atoms with van der Waals surface area (Å²) in [6.07, 6.45) is 1.74. The Kier molecular flexibility index (Phi) is 9.29. The van der Waals surface area contributed by atoms with E-state index in [1.165, 1.54) is 4.90 Å². The maximum Gasteiger partial charge on any atom is 0.325 e. The Balaban J connectivity index is 0.000000283. The third kappa shape index (κ3) is 6.67. The maximum absolute atomic E-state index is 12.4. The van der Waals surface area contributed by atoms with Crippen molar-refractivity contribution in [3.05, 3.63) is 107 Å². The predicted octanol–water partition coefficient (Wildman–Crippen LogP) is 5.29. The van der Waals surface area contributed by atoms with Gasteiger partial charge in [0.2, 0.25) is 0 Å². The standard InChI is InChI=1S/C21H19BrN4O2.C8H10O2/c1-13(14-5-3-2-4-6-14)19(26-18(27)12-24-21(26)28)20-23-11-17(25-20)15-7-9-16(22)10-8-15;9-6-7-10-8-4-2-1-3-5-8/h2-11,13,19H,12H2,1H3,(H,23,25)(H,24,28);1-5,9H,6-7H2. The van der Waals surface area contributed by atoms with Gasteiger partial charge in [0, 0.05) is 10.4 Å². The first-order valence-electron chi connectivity index (χ1n) is 12.2. The normalized spacial score (nSPS) is 14.3.